The first kappa shape index (κ1) is 9.69. The predicted molar refractivity (Wildman–Crippen MR) is 58.8 cm³/mol. The first-order valence-electron chi connectivity index (χ1n) is 4.32. The van der Waals surface area contributed by atoms with Crippen LogP contribution in [0.15, 0.2) is 29.1 Å². The smallest absolute Gasteiger partial charge is 0.136 e. The highest BCUT2D eigenvalue weighted by molar-refractivity contribution is 7.07. The Morgan fingerprint density at radius 1 is 1.47 bits per heavy atom. The van der Waals surface area contributed by atoms with Crippen molar-refractivity contribution in [2.45, 2.75) is 0 Å². The summed E-state index contributed by atoms with van der Waals surface area (Å²) in [5.74, 6) is 0.594. The van der Waals surface area contributed by atoms with Gasteiger partial charge in [0.25, 0.3) is 0 Å². The Labute approximate surface area is 91.6 Å². The number of nitriles is 1. The molecule has 0 saturated carbocycles. The Hall–Kier alpha value is -1.86. The number of nitrogens with zero attached hydrogens (tertiary/aromatic N) is 2. The molecular weight excluding hydrogens is 208 g/mol. The second-order valence-electron chi connectivity index (χ2n) is 2.90. The zero-order valence-electron chi connectivity index (χ0n) is 8.10. The number of ether oxygens (including phenoxy) is 1. The van der Waals surface area contributed by atoms with Gasteiger partial charge in [-0.05, 0) is 18.2 Å². The van der Waals surface area contributed by atoms with E-state index in [0.717, 1.165) is 11.3 Å². The molecule has 2 rings (SSSR count). The SMILES string of the molecule is COc1ccc(-c2cscn2)cc1C#N. The van der Waals surface area contributed by atoms with E-state index in [1.54, 1.807) is 24.8 Å². The van der Waals surface area contributed by atoms with Crippen LogP contribution >= 0.6 is 11.3 Å². The van der Waals surface area contributed by atoms with Crippen LogP contribution < -0.4 is 4.74 Å². The fraction of sp³-hybridized carbons (Fsp3) is 0.0909. The Morgan fingerprint density at radius 3 is 2.93 bits per heavy atom. The van der Waals surface area contributed by atoms with Crippen LogP contribution in [0, 0.1) is 11.3 Å². The van der Waals surface area contributed by atoms with Crippen molar-refractivity contribution in [1.29, 1.82) is 5.26 Å². The van der Waals surface area contributed by atoms with E-state index in [4.69, 9.17) is 10.00 Å². The fourth-order valence-electron chi connectivity index (χ4n) is 1.31. The van der Waals surface area contributed by atoms with Gasteiger partial charge in [-0.1, -0.05) is 0 Å². The Balaban J connectivity index is 2.49. The van der Waals surface area contributed by atoms with Crippen molar-refractivity contribution < 1.29 is 4.74 Å². The van der Waals surface area contributed by atoms with E-state index in [0.29, 0.717) is 11.3 Å². The minimum absolute atomic E-state index is 0.531. The number of rotatable bonds is 2. The van der Waals surface area contributed by atoms with Crippen LogP contribution in [-0.2, 0) is 0 Å². The van der Waals surface area contributed by atoms with Gasteiger partial charge in [0, 0.05) is 10.9 Å². The lowest BCUT2D eigenvalue weighted by Gasteiger charge is -2.03. The highest BCUT2D eigenvalue weighted by atomic mass is 32.1. The molecule has 4 heteroatoms. The third kappa shape index (κ3) is 1.83. The first-order chi connectivity index (χ1) is 7.35. The average molecular weight is 216 g/mol. The van der Waals surface area contributed by atoms with Gasteiger partial charge in [0.2, 0.25) is 0 Å². The Bertz CT molecular complexity index is 500. The van der Waals surface area contributed by atoms with Gasteiger partial charge in [-0.3, -0.25) is 0 Å². The Morgan fingerprint density at radius 2 is 2.33 bits per heavy atom. The van der Waals surface area contributed by atoms with Crippen LogP contribution in [0.1, 0.15) is 5.56 Å². The van der Waals surface area contributed by atoms with Crippen LogP contribution in [0.5, 0.6) is 5.75 Å². The maximum Gasteiger partial charge on any atom is 0.136 e. The van der Waals surface area contributed by atoms with Gasteiger partial charge in [-0.15, -0.1) is 11.3 Å². The molecule has 0 N–H and O–H groups in total. The van der Waals surface area contributed by atoms with Gasteiger partial charge in [-0.25, -0.2) is 4.98 Å². The minimum Gasteiger partial charge on any atom is -0.495 e. The van der Waals surface area contributed by atoms with E-state index in [1.807, 2.05) is 11.4 Å². The van der Waals surface area contributed by atoms with Crippen molar-refractivity contribution in [1.82, 2.24) is 4.98 Å². The molecule has 0 unspecified atom stereocenters. The maximum absolute atomic E-state index is 8.92. The highest BCUT2D eigenvalue weighted by Crippen LogP contribution is 2.25. The van der Waals surface area contributed by atoms with E-state index in [-0.39, 0.29) is 0 Å². The molecule has 3 nitrogen and oxygen atoms in total. The van der Waals surface area contributed by atoms with Crippen LogP contribution in [0.25, 0.3) is 11.3 Å². The second-order valence-corrected chi connectivity index (χ2v) is 3.62. The van der Waals surface area contributed by atoms with Crippen LogP contribution in [0.2, 0.25) is 0 Å². The summed E-state index contributed by atoms with van der Waals surface area (Å²) in [4.78, 5) is 4.19. The lowest BCUT2D eigenvalue weighted by Crippen LogP contribution is -1.88. The number of aromatic nitrogens is 1. The predicted octanol–water partition coefficient (Wildman–Crippen LogP) is 2.69. The molecule has 0 aliphatic carbocycles. The third-order valence-electron chi connectivity index (χ3n) is 2.05. The van der Waals surface area contributed by atoms with Crippen LogP contribution in [-0.4, -0.2) is 12.1 Å². The van der Waals surface area contributed by atoms with Crippen molar-refractivity contribution in [3.05, 3.63) is 34.7 Å². The van der Waals surface area contributed by atoms with Gasteiger partial charge in [0.15, 0.2) is 0 Å². The van der Waals surface area contributed by atoms with E-state index in [9.17, 15) is 0 Å². The molecule has 0 saturated heterocycles. The van der Waals surface area contributed by atoms with Gasteiger partial charge in [0.05, 0.1) is 23.9 Å². The summed E-state index contributed by atoms with van der Waals surface area (Å²) in [5, 5.41) is 10.9. The molecule has 0 bridgehead atoms. The molecule has 0 amide bonds. The zero-order chi connectivity index (χ0) is 10.7. The molecule has 15 heavy (non-hydrogen) atoms. The van der Waals surface area contributed by atoms with E-state index < -0.39 is 0 Å². The standard InChI is InChI=1S/C11H8N2OS/c1-14-11-3-2-8(4-9(11)5-12)10-6-15-7-13-10/h2-4,6-7H,1H3. The summed E-state index contributed by atoms with van der Waals surface area (Å²) in [7, 11) is 1.55. The van der Waals surface area contributed by atoms with E-state index in [1.165, 1.54) is 11.3 Å². The maximum atomic E-state index is 8.92. The lowest BCUT2D eigenvalue weighted by atomic mass is 10.1. The highest BCUT2D eigenvalue weighted by Gasteiger charge is 2.05. The molecule has 0 fully saturated rings. The number of thiazole rings is 1. The molecule has 0 aliphatic rings. The van der Waals surface area contributed by atoms with Gasteiger partial charge in [-0.2, -0.15) is 5.26 Å². The van der Waals surface area contributed by atoms with Crippen molar-refractivity contribution in [3.63, 3.8) is 0 Å². The summed E-state index contributed by atoms with van der Waals surface area (Å²) in [6.07, 6.45) is 0. The fourth-order valence-corrected chi connectivity index (χ4v) is 1.87. The zero-order valence-corrected chi connectivity index (χ0v) is 8.91. The third-order valence-corrected chi connectivity index (χ3v) is 2.63. The van der Waals surface area contributed by atoms with Gasteiger partial charge >= 0.3 is 0 Å². The summed E-state index contributed by atoms with van der Waals surface area (Å²) >= 11 is 1.53. The van der Waals surface area contributed by atoms with Gasteiger partial charge < -0.3 is 4.74 Å². The van der Waals surface area contributed by atoms with E-state index >= 15 is 0 Å². The number of hydrogen-bond donors (Lipinski definition) is 0. The summed E-state index contributed by atoms with van der Waals surface area (Å²) in [6, 6.07) is 7.57. The molecule has 0 atom stereocenters. The van der Waals surface area contributed by atoms with Crippen molar-refractivity contribution in [2.75, 3.05) is 7.11 Å². The molecule has 2 aromatic rings. The summed E-state index contributed by atoms with van der Waals surface area (Å²) < 4.78 is 5.07. The van der Waals surface area contributed by atoms with E-state index in [2.05, 4.69) is 11.1 Å². The summed E-state index contributed by atoms with van der Waals surface area (Å²) in [5.41, 5.74) is 4.13. The largest absolute Gasteiger partial charge is 0.495 e. The van der Waals surface area contributed by atoms with Crippen molar-refractivity contribution in [3.8, 4) is 23.1 Å². The molecule has 0 aliphatic heterocycles. The molecule has 0 spiro atoms. The van der Waals surface area contributed by atoms with Crippen molar-refractivity contribution in [2.24, 2.45) is 0 Å². The summed E-state index contributed by atoms with van der Waals surface area (Å²) in [6.45, 7) is 0. The second kappa shape index (κ2) is 4.11. The topological polar surface area (TPSA) is 45.9 Å². The van der Waals surface area contributed by atoms with Crippen LogP contribution in [0.3, 0.4) is 0 Å². The minimum atomic E-state index is 0.531. The normalized spacial score (nSPS) is 9.60. The average Bonchev–Trinajstić information content (AvgIpc) is 2.81. The molecule has 74 valence electrons. The van der Waals surface area contributed by atoms with Crippen molar-refractivity contribution >= 4 is 11.3 Å². The first-order valence-corrected chi connectivity index (χ1v) is 5.26. The van der Waals surface area contributed by atoms with Gasteiger partial charge in [0.1, 0.15) is 11.8 Å². The monoisotopic (exact) mass is 216 g/mol. The van der Waals surface area contributed by atoms with Crippen LogP contribution in [0.4, 0.5) is 0 Å². The molecular formula is C11H8N2OS. The molecule has 1 heterocycles. The Kier molecular flexibility index (Phi) is 2.66. The number of benzene rings is 1. The molecule has 1 aromatic heterocycles. The number of hydrogen-bond acceptors (Lipinski definition) is 4. The molecule has 1 aromatic carbocycles. The molecule has 0 radical (unpaired) electrons. The lowest BCUT2D eigenvalue weighted by molar-refractivity contribution is 0.413. The number of methoxy groups -OCH3 is 1. The quantitative estimate of drug-likeness (QED) is 0.775.